The fourth-order valence-electron chi connectivity index (χ4n) is 1.31. The molecule has 1 radical (unpaired) electrons. The lowest BCUT2D eigenvalue weighted by Crippen LogP contribution is -1.95. The lowest BCUT2D eigenvalue weighted by Gasteiger charge is -1.94. The van der Waals surface area contributed by atoms with Gasteiger partial charge in [0.2, 0.25) is 0 Å². The van der Waals surface area contributed by atoms with Gasteiger partial charge in [-0.2, -0.15) is 0 Å². The Morgan fingerprint density at radius 3 is 3.07 bits per heavy atom. The third-order valence-electron chi connectivity index (χ3n) is 2.07. The van der Waals surface area contributed by atoms with E-state index in [4.69, 9.17) is 0 Å². The number of hydrogen-bond acceptors (Lipinski definition) is 1. The quantitative estimate of drug-likeness (QED) is 0.525. The first-order valence-corrected chi connectivity index (χ1v) is 7.67. The van der Waals surface area contributed by atoms with Crippen molar-refractivity contribution in [1.82, 2.24) is 9.38 Å². The molecule has 3 heteroatoms. The highest BCUT2D eigenvalue weighted by atomic mass is 28.3. The molecule has 2 rings (SSSR count). The minimum atomic E-state index is -0.230. The van der Waals surface area contributed by atoms with E-state index in [1.807, 2.05) is 28.9 Å². The number of fused-ring (bicyclic) bond motifs is 1. The molecule has 0 aliphatic carbocycles. The summed E-state index contributed by atoms with van der Waals surface area (Å²) >= 11 is 0. The summed E-state index contributed by atoms with van der Waals surface area (Å²) < 4.78 is 1.99. The molecule has 0 aromatic carbocycles. The molecule has 0 aliphatic rings. The van der Waals surface area contributed by atoms with Crippen molar-refractivity contribution in [2.45, 2.75) is 19.1 Å². The van der Waals surface area contributed by atoms with Crippen LogP contribution in [0.2, 0.25) is 19.1 Å². The van der Waals surface area contributed by atoms with Crippen LogP contribution in [0.25, 0.3) is 5.65 Å². The molecular weight excluding hydrogens is 200 g/mol. The van der Waals surface area contributed by atoms with Crippen molar-refractivity contribution in [3.05, 3.63) is 36.3 Å². The molecule has 0 atom stereocenters. The van der Waals surface area contributed by atoms with Gasteiger partial charge in [0.15, 0.2) is 0 Å². The fraction of sp³-hybridized carbons (Fsp3) is 0.250. The standard InChI is InChI=1S/C12H13N2Si/c1-15(2)9-3-4-11-5-7-14-8-6-13-12(14)10-11/h5-8,10H,9H2,1-2H3. The number of rotatable bonds is 1. The molecule has 0 saturated heterocycles. The highest BCUT2D eigenvalue weighted by Gasteiger charge is 1.94. The minimum absolute atomic E-state index is 0.230. The minimum Gasteiger partial charge on any atom is -0.307 e. The smallest absolute Gasteiger partial charge is 0.137 e. The second-order valence-electron chi connectivity index (χ2n) is 3.79. The predicted octanol–water partition coefficient (Wildman–Crippen LogP) is 2.44. The van der Waals surface area contributed by atoms with Crippen LogP contribution in [0.15, 0.2) is 30.7 Å². The Hall–Kier alpha value is -1.53. The largest absolute Gasteiger partial charge is 0.307 e. The Bertz CT molecular complexity index is 517. The van der Waals surface area contributed by atoms with Gasteiger partial charge >= 0.3 is 0 Å². The van der Waals surface area contributed by atoms with Crippen molar-refractivity contribution in [1.29, 1.82) is 0 Å². The fourth-order valence-corrected chi connectivity index (χ4v) is 1.75. The molecule has 0 unspecified atom stereocenters. The second kappa shape index (κ2) is 4.33. The van der Waals surface area contributed by atoms with Crippen LogP contribution in [0.1, 0.15) is 5.56 Å². The molecule has 75 valence electrons. The lowest BCUT2D eigenvalue weighted by molar-refractivity contribution is 1.18. The summed E-state index contributed by atoms with van der Waals surface area (Å²) in [6.07, 6.45) is 5.73. The van der Waals surface area contributed by atoms with E-state index in [0.29, 0.717) is 0 Å². The summed E-state index contributed by atoms with van der Waals surface area (Å²) in [4.78, 5) is 4.22. The Morgan fingerprint density at radius 1 is 1.40 bits per heavy atom. The summed E-state index contributed by atoms with van der Waals surface area (Å²) in [7, 11) is -0.230. The first-order valence-electron chi connectivity index (χ1n) is 4.96. The Labute approximate surface area is 91.6 Å². The average Bonchev–Trinajstić information content (AvgIpc) is 2.64. The highest BCUT2D eigenvalue weighted by Crippen LogP contribution is 2.04. The van der Waals surface area contributed by atoms with E-state index in [0.717, 1.165) is 17.3 Å². The van der Waals surface area contributed by atoms with Crippen LogP contribution in [0.4, 0.5) is 0 Å². The molecule has 0 N–H and O–H groups in total. The number of hydrogen-bond donors (Lipinski definition) is 0. The van der Waals surface area contributed by atoms with Crippen LogP contribution >= 0.6 is 0 Å². The zero-order chi connectivity index (χ0) is 10.7. The topological polar surface area (TPSA) is 17.3 Å². The summed E-state index contributed by atoms with van der Waals surface area (Å²) in [6.45, 7) is 4.55. The Balaban J connectivity index is 2.23. The van der Waals surface area contributed by atoms with Crippen molar-refractivity contribution in [3.63, 3.8) is 0 Å². The molecule has 0 aliphatic heterocycles. The van der Waals surface area contributed by atoms with Gasteiger partial charge in [0.05, 0.1) is 8.80 Å². The van der Waals surface area contributed by atoms with Gasteiger partial charge in [-0.1, -0.05) is 19.0 Å². The normalized spacial score (nSPS) is 10.3. The summed E-state index contributed by atoms with van der Waals surface area (Å²) in [5, 5.41) is 0. The third-order valence-corrected chi connectivity index (χ3v) is 2.96. The van der Waals surface area contributed by atoms with Gasteiger partial charge in [-0.3, -0.25) is 0 Å². The molecule has 0 bridgehead atoms. The zero-order valence-electron chi connectivity index (χ0n) is 8.99. The average molecular weight is 213 g/mol. The van der Waals surface area contributed by atoms with E-state index in [9.17, 15) is 0 Å². The number of pyridine rings is 1. The van der Waals surface area contributed by atoms with E-state index in [-0.39, 0.29) is 8.80 Å². The lowest BCUT2D eigenvalue weighted by atomic mass is 10.3. The molecule has 0 spiro atoms. The predicted molar refractivity (Wildman–Crippen MR) is 64.4 cm³/mol. The van der Waals surface area contributed by atoms with Gasteiger partial charge in [-0.25, -0.2) is 4.98 Å². The Kier molecular flexibility index (Phi) is 2.88. The molecule has 2 aromatic heterocycles. The zero-order valence-corrected chi connectivity index (χ0v) is 9.99. The molecule has 0 saturated carbocycles. The molecule has 2 nitrogen and oxygen atoms in total. The van der Waals surface area contributed by atoms with E-state index < -0.39 is 0 Å². The van der Waals surface area contributed by atoms with E-state index in [1.165, 1.54) is 0 Å². The van der Waals surface area contributed by atoms with Crippen LogP contribution < -0.4 is 0 Å². The van der Waals surface area contributed by atoms with Crippen LogP contribution in [-0.2, 0) is 0 Å². The van der Waals surface area contributed by atoms with Crippen molar-refractivity contribution in [3.8, 4) is 11.8 Å². The molecular formula is C12H13N2Si. The van der Waals surface area contributed by atoms with Crippen molar-refractivity contribution in [2.75, 3.05) is 0 Å². The SMILES string of the molecule is C[Si](C)CC#Cc1ccn2ccnc2c1. The molecule has 2 aromatic rings. The van der Waals surface area contributed by atoms with Crippen LogP contribution in [0, 0.1) is 11.8 Å². The van der Waals surface area contributed by atoms with E-state index in [1.54, 1.807) is 6.20 Å². The van der Waals surface area contributed by atoms with Gasteiger partial charge in [0, 0.05) is 30.2 Å². The maximum Gasteiger partial charge on any atom is 0.137 e. The number of imidazole rings is 1. The second-order valence-corrected chi connectivity index (χ2v) is 6.56. The molecule has 0 amide bonds. The van der Waals surface area contributed by atoms with Crippen molar-refractivity contribution in [2.24, 2.45) is 0 Å². The van der Waals surface area contributed by atoms with Crippen molar-refractivity contribution >= 4 is 14.4 Å². The molecule has 0 fully saturated rings. The number of nitrogens with zero attached hydrogens (tertiary/aromatic N) is 2. The maximum atomic E-state index is 4.22. The van der Waals surface area contributed by atoms with Crippen LogP contribution in [0.5, 0.6) is 0 Å². The van der Waals surface area contributed by atoms with E-state index >= 15 is 0 Å². The van der Waals surface area contributed by atoms with Gasteiger partial charge in [0.25, 0.3) is 0 Å². The Morgan fingerprint density at radius 2 is 2.27 bits per heavy atom. The van der Waals surface area contributed by atoms with E-state index in [2.05, 4.69) is 29.9 Å². The maximum absolute atomic E-state index is 4.22. The number of aromatic nitrogens is 2. The van der Waals surface area contributed by atoms with Crippen LogP contribution in [-0.4, -0.2) is 18.2 Å². The highest BCUT2D eigenvalue weighted by molar-refractivity contribution is 6.56. The van der Waals surface area contributed by atoms with Crippen LogP contribution in [0.3, 0.4) is 0 Å². The molecule has 2 heterocycles. The van der Waals surface area contributed by atoms with Gasteiger partial charge in [0.1, 0.15) is 5.65 Å². The van der Waals surface area contributed by atoms with Gasteiger partial charge in [-0.15, -0.1) is 5.92 Å². The summed E-state index contributed by atoms with van der Waals surface area (Å²) in [5.74, 6) is 6.40. The van der Waals surface area contributed by atoms with Gasteiger partial charge in [-0.05, 0) is 12.1 Å². The summed E-state index contributed by atoms with van der Waals surface area (Å²) in [6, 6.07) is 5.09. The third kappa shape index (κ3) is 2.48. The summed E-state index contributed by atoms with van der Waals surface area (Å²) in [5.41, 5.74) is 2.01. The first-order chi connectivity index (χ1) is 7.25. The first kappa shape index (κ1) is 10.0. The molecule has 15 heavy (non-hydrogen) atoms. The van der Waals surface area contributed by atoms with Crippen molar-refractivity contribution < 1.29 is 0 Å². The van der Waals surface area contributed by atoms with Gasteiger partial charge < -0.3 is 4.40 Å². The monoisotopic (exact) mass is 213 g/mol.